The molecule has 0 amide bonds. The minimum atomic E-state index is -0.906. The van der Waals surface area contributed by atoms with Crippen molar-refractivity contribution in [3.05, 3.63) is 64.3 Å². The van der Waals surface area contributed by atoms with Gasteiger partial charge in [0.25, 0.3) is 0 Å². The molecule has 0 saturated heterocycles. The molecule has 0 aliphatic rings. The van der Waals surface area contributed by atoms with Crippen LogP contribution in [0.4, 0.5) is 5.69 Å². The van der Waals surface area contributed by atoms with E-state index in [0.717, 1.165) is 0 Å². The maximum absolute atomic E-state index is 10.9. The van der Waals surface area contributed by atoms with Gasteiger partial charge in [-0.1, -0.05) is 67.9 Å². The van der Waals surface area contributed by atoms with Crippen LogP contribution in [0.2, 0.25) is 0 Å². The van der Waals surface area contributed by atoms with Gasteiger partial charge in [-0.15, -0.1) is 0 Å². The number of nitrogens with one attached hydrogen (secondary N) is 1. The second kappa shape index (κ2) is 10.9. The van der Waals surface area contributed by atoms with Gasteiger partial charge in [0, 0.05) is 5.69 Å². The first-order valence-electron chi connectivity index (χ1n) is 6.90. The van der Waals surface area contributed by atoms with Crippen LogP contribution < -0.4 is 5.32 Å². The fourth-order valence-electron chi connectivity index (χ4n) is 1.57. The molecule has 2 N–H and O–H groups in total. The van der Waals surface area contributed by atoms with Crippen molar-refractivity contribution in [2.24, 2.45) is 0 Å². The standard InChI is InChI=1S/C15H15Cl2NO2.C2H6/c1-3-11(16)15(12(17)4-2)18-13-8-6-5-7-10(13)9-14(19)20;1-2/h3-8,18H,1,9H2,2H3,(H,19,20);1-2H3/b12-4+,15-11-;. The molecule has 1 aromatic carbocycles. The Balaban J connectivity index is 0.00000211. The molecule has 0 aliphatic carbocycles. The number of halogens is 2. The van der Waals surface area contributed by atoms with Crippen molar-refractivity contribution in [3.63, 3.8) is 0 Å². The third kappa shape index (κ3) is 6.37. The number of hydrogen-bond donors (Lipinski definition) is 2. The van der Waals surface area contributed by atoms with Crippen LogP contribution >= 0.6 is 23.2 Å². The van der Waals surface area contributed by atoms with E-state index in [1.54, 1.807) is 37.3 Å². The third-order valence-corrected chi connectivity index (χ3v) is 3.28. The van der Waals surface area contributed by atoms with Crippen molar-refractivity contribution in [2.45, 2.75) is 27.2 Å². The summed E-state index contributed by atoms with van der Waals surface area (Å²) >= 11 is 12.2. The van der Waals surface area contributed by atoms with Crippen molar-refractivity contribution < 1.29 is 9.90 Å². The number of aliphatic carboxylic acids is 1. The Labute approximate surface area is 141 Å². The average Bonchev–Trinajstić information content (AvgIpc) is 2.54. The molecule has 0 fully saturated rings. The molecule has 0 aromatic heterocycles. The van der Waals surface area contributed by atoms with Gasteiger partial charge in [-0.2, -0.15) is 0 Å². The number of benzene rings is 1. The van der Waals surface area contributed by atoms with Crippen LogP contribution in [0, 0.1) is 0 Å². The van der Waals surface area contributed by atoms with Crippen molar-refractivity contribution in [1.29, 1.82) is 0 Å². The van der Waals surface area contributed by atoms with E-state index in [9.17, 15) is 4.79 Å². The molecule has 0 aliphatic heterocycles. The number of para-hydroxylation sites is 1. The smallest absolute Gasteiger partial charge is 0.307 e. The predicted octanol–water partition coefficient (Wildman–Crippen LogP) is 5.53. The van der Waals surface area contributed by atoms with Crippen molar-refractivity contribution in [2.75, 3.05) is 5.32 Å². The van der Waals surface area contributed by atoms with Gasteiger partial charge in [0.2, 0.25) is 0 Å². The molecule has 0 bridgehead atoms. The van der Waals surface area contributed by atoms with Crippen molar-refractivity contribution >= 4 is 34.9 Å². The second-order valence-corrected chi connectivity index (χ2v) is 4.73. The topological polar surface area (TPSA) is 49.3 Å². The second-order valence-electron chi connectivity index (χ2n) is 3.92. The van der Waals surface area contributed by atoms with E-state index in [-0.39, 0.29) is 6.42 Å². The Morgan fingerprint density at radius 3 is 2.41 bits per heavy atom. The first-order valence-corrected chi connectivity index (χ1v) is 7.66. The number of carbonyl (C=O) groups is 1. The number of carboxylic acids is 1. The van der Waals surface area contributed by atoms with Crippen LogP contribution in [-0.2, 0) is 11.2 Å². The lowest BCUT2D eigenvalue weighted by molar-refractivity contribution is -0.136. The molecule has 120 valence electrons. The summed E-state index contributed by atoms with van der Waals surface area (Å²) in [6, 6.07) is 7.08. The molecule has 3 nitrogen and oxygen atoms in total. The third-order valence-electron chi connectivity index (χ3n) is 2.53. The highest BCUT2D eigenvalue weighted by molar-refractivity contribution is 6.36. The average molecular weight is 342 g/mol. The zero-order valence-electron chi connectivity index (χ0n) is 13.0. The lowest BCUT2D eigenvalue weighted by Crippen LogP contribution is -2.07. The summed E-state index contributed by atoms with van der Waals surface area (Å²) in [4.78, 5) is 10.9. The molecule has 5 heteroatoms. The minimum absolute atomic E-state index is 0.0877. The Hall–Kier alpha value is -1.71. The fraction of sp³-hybridized carbons (Fsp3) is 0.235. The van der Waals surface area contributed by atoms with Gasteiger partial charge in [0.1, 0.15) is 0 Å². The molecule has 22 heavy (non-hydrogen) atoms. The number of anilines is 1. The lowest BCUT2D eigenvalue weighted by Gasteiger charge is -2.14. The van der Waals surface area contributed by atoms with Gasteiger partial charge in [0.05, 0.1) is 22.2 Å². The minimum Gasteiger partial charge on any atom is -0.481 e. The summed E-state index contributed by atoms with van der Waals surface area (Å²) in [5.41, 5.74) is 1.78. The monoisotopic (exact) mass is 341 g/mol. The number of allylic oxidation sites excluding steroid dienone is 4. The Bertz CT molecular complexity index is 578. The fourth-order valence-corrected chi connectivity index (χ4v) is 1.92. The first kappa shape index (κ1) is 20.3. The van der Waals surface area contributed by atoms with Gasteiger partial charge in [0.15, 0.2) is 0 Å². The molecule has 0 unspecified atom stereocenters. The lowest BCUT2D eigenvalue weighted by atomic mass is 10.1. The summed E-state index contributed by atoms with van der Waals surface area (Å²) in [7, 11) is 0. The van der Waals surface area contributed by atoms with E-state index in [4.69, 9.17) is 28.3 Å². The molecule has 1 rings (SSSR count). The normalized spacial score (nSPS) is 11.8. The van der Waals surface area contributed by atoms with E-state index >= 15 is 0 Å². The van der Waals surface area contributed by atoms with E-state index in [1.165, 1.54) is 6.08 Å². The van der Waals surface area contributed by atoms with Crippen LogP contribution in [0.25, 0.3) is 0 Å². The summed E-state index contributed by atoms with van der Waals surface area (Å²) in [5, 5.41) is 12.8. The Kier molecular flexibility index (Phi) is 10.1. The van der Waals surface area contributed by atoms with E-state index in [2.05, 4.69) is 11.9 Å². The molecule has 0 saturated carbocycles. The molecule has 0 spiro atoms. The number of hydrogen-bond acceptors (Lipinski definition) is 2. The summed E-state index contributed by atoms with van der Waals surface area (Å²) < 4.78 is 0. The summed E-state index contributed by atoms with van der Waals surface area (Å²) in [6.45, 7) is 9.38. The van der Waals surface area contributed by atoms with Gasteiger partial charge in [-0.25, -0.2) is 0 Å². The maximum Gasteiger partial charge on any atom is 0.307 e. The predicted molar refractivity (Wildman–Crippen MR) is 95.4 cm³/mol. The molecular weight excluding hydrogens is 321 g/mol. The quantitative estimate of drug-likeness (QED) is 0.668. The summed E-state index contributed by atoms with van der Waals surface area (Å²) in [5.74, 6) is -0.906. The molecule has 0 heterocycles. The van der Waals surface area contributed by atoms with Crippen LogP contribution in [0.1, 0.15) is 26.3 Å². The maximum atomic E-state index is 10.9. The van der Waals surface area contributed by atoms with Crippen molar-refractivity contribution in [1.82, 2.24) is 0 Å². The van der Waals surface area contributed by atoms with E-state index in [0.29, 0.717) is 27.0 Å². The van der Waals surface area contributed by atoms with Crippen LogP contribution in [-0.4, -0.2) is 11.1 Å². The van der Waals surface area contributed by atoms with Crippen molar-refractivity contribution in [3.8, 4) is 0 Å². The number of carboxylic acid groups (broad SMARTS) is 1. The highest BCUT2D eigenvalue weighted by atomic mass is 35.5. The summed E-state index contributed by atoms with van der Waals surface area (Å²) in [6.07, 6.45) is 3.07. The van der Waals surface area contributed by atoms with Crippen LogP contribution in [0.15, 0.2) is 58.8 Å². The molecule has 1 aromatic rings. The Morgan fingerprint density at radius 2 is 1.91 bits per heavy atom. The molecule has 0 radical (unpaired) electrons. The molecular formula is C17H21Cl2NO2. The highest BCUT2D eigenvalue weighted by Crippen LogP contribution is 2.26. The van der Waals surface area contributed by atoms with Gasteiger partial charge in [-0.05, 0) is 24.6 Å². The Morgan fingerprint density at radius 1 is 1.32 bits per heavy atom. The zero-order valence-corrected chi connectivity index (χ0v) is 14.5. The van der Waals surface area contributed by atoms with Crippen LogP contribution in [0.3, 0.4) is 0 Å². The SMILES string of the molecule is C=C/C(Cl)=C(Nc1ccccc1CC(=O)O)\C(Cl)=C/C.CC. The van der Waals surface area contributed by atoms with Gasteiger partial charge < -0.3 is 10.4 Å². The van der Waals surface area contributed by atoms with Gasteiger partial charge in [-0.3, -0.25) is 4.79 Å². The van der Waals surface area contributed by atoms with Crippen LogP contribution in [0.5, 0.6) is 0 Å². The highest BCUT2D eigenvalue weighted by Gasteiger charge is 2.11. The van der Waals surface area contributed by atoms with E-state index in [1.807, 2.05) is 13.8 Å². The first-order chi connectivity index (χ1) is 10.5. The zero-order chi connectivity index (χ0) is 17.1. The van der Waals surface area contributed by atoms with E-state index < -0.39 is 5.97 Å². The number of rotatable bonds is 6. The largest absolute Gasteiger partial charge is 0.481 e. The molecule has 0 atom stereocenters. The van der Waals surface area contributed by atoms with Gasteiger partial charge >= 0.3 is 5.97 Å².